The summed E-state index contributed by atoms with van der Waals surface area (Å²) in [5.41, 5.74) is 3.49. The van der Waals surface area contributed by atoms with Crippen molar-refractivity contribution in [3.05, 3.63) is 70.5 Å². The number of morpholine rings is 1. The van der Waals surface area contributed by atoms with Gasteiger partial charge in [-0.3, -0.25) is 14.0 Å². The third kappa shape index (κ3) is 3.43. The third-order valence-corrected chi connectivity index (χ3v) is 6.16. The molecule has 1 saturated heterocycles. The van der Waals surface area contributed by atoms with Crippen molar-refractivity contribution < 1.29 is 9.53 Å². The molecule has 0 atom stereocenters. The average molecular weight is 405 g/mol. The molecule has 3 heterocycles. The van der Waals surface area contributed by atoms with E-state index in [4.69, 9.17) is 4.74 Å². The normalized spacial score (nSPS) is 14.6. The summed E-state index contributed by atoms with van der Waals surface area (Å²) >= 11 is 1.47. The van der Waals surface area contributed by atoms with Crippen molar-refractivity contribution in [3.8, 4) is 11.3 Å². The fourth-order valence-electron chi connectivity index (χ4n) is 3.72. The summed E-state index contributed by atoms with van der Waals surface area (Å²) in [5.74, 6) is 0.117. The zero-order valence-electron chi connectivity index (χ0n) is 15.7. The summed E-state index contributed by atoms with van der Waals surface area (Å²) in [6, 6.07) is 17.4. The number of carbonyl (C=O) groups excluding carboxylic acids is 1. The highest BCUT2D eigenvalue weighted by Gasteiger charge is 2.18. The van der Waals surface area contributed by atoms with Gasteiger partial charge in [-0.2, -0.15) is 4.98 Å². The molecule has 1 aliphatic heterocycles. The molecule has 0 N–H and O–H groups in total. The zero-order chi connectivity index (χ0) is 19.8. The standard InChI is InChI=1S/C22H19N3O3S/c26-20-14-18(16-4-2-1-3-5-16)25-17-7-6-15(12-19(17)29-22(25)23-20)13-21(27)24-8-10-28-11-9-24/h1-7,12,14H,8-11,13H2. The van der Waals surface area contributed by atoms with Gasteiger partial charge in [0, 0.05) is 19.2 Å². The summed E-state index contributed by atoms with van der Waals surface area (Å²) in [6.07, 6.45) is 0.362. The Kier molecular flexibility index (Phi) is 4.61. The molecule has 1 aliphatic rings. The second kappa shape index (κ2) is 7.42. The van der Waals surface area contributed by atoms with Crippen LogP contribution >= 0.6 is 11.3 Å². The van der Waals surface area contributed by atoms with E-state index >= 15 is 0 Å². The van der Waals surface area contributed by atoms with Gasteiger partial charge in [-0.25, -0.2) is 0 Å². The molecule has 0 radical (unpaired) electrons. The Morgan fingerprint density at radius 2 is 1.86 bits per heavy atom. The third-order valence-electron chi connectivity index (χ3n) is 5.15. The predicted molar refractivity (Wildman–Crippen MR) is 113 cm³/mol. The molecule has 0 unspecified atom stereocenters. The Morgan fingerprint density at radius 1 is 1.07 bits per heavy atom. The van der Waals surface area contributed by atoms with E-state index in [0.29, 0.717) is 37.7 Å². The Morgan fingerprint density at radius 3 is 2.66 bits per heavy atom. The van der Waals surface area contributed by atoms with Crippen molar-refractivity contribution in [2.75, 3.05) is 26.3 Å². The van der Waals surface area contributed by atoms with E-state index in [1.807, 2.05) is 57.8 Å². The Hall–Kier alpha value is -3.03. The van der Waals surface area contributed by atoms with Crippen molar-refractivity contribution in [2.45, 2.75) is 6.42 Å². The largest absolute Gasteiger partial charge is 0.378 e. The molecular weight excluding hydrogens is 386 g/mol. The zero-order valence-corrected chi connectivity index (χ0v) is 16.5. The number of hydrogen-bond acceptors (Lipinski definition) is 5. The van der Waals surface area contributed by atoms with Crippen molar-refractivity contribution in [1.29, 1.82) is 0 Å². The van der Waals surface area contributed by atoms with Crippen LogP contribution in [-0.4, -0.2) is 46.5 Å². The van der Waals surface area contributed by atoms with Crippen molar-refractivity contribution in [2.24, 2.45) is 0 Å². The van der Waals surface area contributed by atoms with E-state index in [2.05, 4.69) is 4.98 Å². The molecule has 2 aromatic heterocycles. The van der Waals surface area contributed by atoms with E-state index in [-0.39, 0.29) is 11.5 Å². The maximum absolute atomic E-state index is 12.6. The molecule has 29 heavy (non-hydrogen) atoms. The molecule has 4 aromatic rings. The van der Waals surface area contributed by atoms with E-state index in [1.54, 1.807) is 6.07 Å². The highest BCUT2D eigenvalue weighted by atomic mass is 32.1. The van der Waals surface area contributed by atoms with Gasteiger partial charge in [0.25, 0.3) is 5.56 Å². The van der Waals surface area contributed by atoms with E-state index in [1.165, 1.54) is 11.3 Å². The minimum atomic E-state index is -0.252. The first-order valence-electron chi connectivity index (χ1n) is 9.55. The van der Waals surface area contributed by atoms with Crippen LogP contribution in [0.3, 0.4) is 0 Å². The number of amides is 1. The summed E-state index contributed by atoms with van der Waals surface area (Å²) < 4.78 is 8.35. The number of aromatic nitrogens is 2. The molecule has 0 saturated carbocycles. The smallest absolute Gasteiger partial charge is 0.274 e. The molecule has 146 valence electrons. The Balaban J connectivity index is 1.56. The van der Waals surface area contributed by atoms with Crippen molar-refractivity contribution in [3.63, 3.8) is 0 Å². The van der Waals surface area contributed by atoms with Gasteiger partial charge in [-0.05, 0) is 23.3 Å². The summed E-state index contributed by atoms with van der Waals surface area (Å²) in [6.45, 7) is 2.50. The molecule has 5 rings (SSSR count). The van der Waals surface area contributed by atoms with Crippen LogP contribution in [0.4, 0.5) is 0 Å². The van der Waals surface area contributed by atoms with Gasteiger partial charge in [0.2, 0.25) is 5.91 Å². The lowest BCUT2D eigenvalue weighted by molar-refractivity contribution is -0.134. The number of thiazole rings is 1. The predicted octanol–water partition coefficient (Wildman–Crippen LogP) is 2.98. The highest BCUT2D eigenvalue weighted by molar-refractivity contribution is 7.23. The molecule has 6 nitrogen and oxygen atoms in total. The topological polar surface area (TPSA) is 63.9 Å². The van der Waals surface area contributed by atoms with Crippen LogP contribution in [0.1, 0.15) is 5.56 Å². The Labute approximate surface area is 171 Å². The van der Waals surface area contributed by atoms with Gasteiger partial charge in [-0.1, -0.05) is 47.7 Å². The van der Waals surface area contributed by atoms with Gasteiger partial charge in [0.1, 0.15) is 0 Å². The van der Waals surface area contributed by atoms with Crippen LogP contribution in [0.15, 0.2) is 59.4 Å². The molecule has 7 heteroatoms. The molecule has 1 amide bonds. The second-order valence-corrected chi connectivity index (χ2v) is 8.05. The van der Waals surface area contributed by atoms with Crippen LogP contribution in [0, 0.1) is 0 Å². The maximum Gasteiger partial charge on any atom is 0.274 e. The lowest BCUT2D eigenvalue weighted by Gasteiger charge is -2.26. The summed E-state index contributed by atoms with van der Waals surface area (Å²) in [7, 11) is 0. The number of benzene rings is 2. The first-order chi connectivity index (χ1) is 14.2. The van der Waals surface area contributed by atoms with E-state index < -0.39 is 0 Å². The Bertz CT molecular complexity index is 1260. The molecule has 1 fully saturated rings. The second-order valence-electron chi connectivity index (χ2n) is 7.04. The average Bonchev–Trinajstić information content (AvgIpc) is 3.11. The van der Waals surface area contributed by atoms with Crippen LogP contribution in [-0.2, 0) is 16.0 Å². The number of hydrogen-bond donors (Lipinski definition) is 0. The molecule has 0 bridgehead atoms. The van der Waals surface area contributed by atoms with Gasteiger partial charge in [0.15, 0.2) is 4.96 Å². The maximum atomic E-state index is 12.6. The van der Waals surface area contributed by atoms with Gasteiger partial charge < -0.3 is 9.64 Å². The van der Waals surface area contributed by atoms with Crippen LogP contribution in [0.5, 0.6) is 0 Å². The highest BCUT2D eigenvalue weighted by Crippen LogP contribution is 2.30. The minimum Gasteiger partial charge on any atom is -0.378 e. The number of fused-ring (bicyclic) bond motifs is 3. The van der Waals surface area contributed by atoms with Crippen LogP contribution in [0.25, 0.3) is 26.4 Å². The summed E-state index contributed by atoms with van der Waals surface area (Å²) in [4.78, 5) is 31.4. The van der Waals surface area contributed by atoms with Gasteiger partial charge >= 0.3 is 0 Å². The van der Waals surface area contributed by atoms with Gasteiger partial charge in [0.05, 0.1) is 35.5 Å². The quantitative estimate of drug-likeness (QED) is 0.526. The molecular formula is C22H19N3O3S. The first kappa shape index (κ1) is 18.0. The number of rotatable bonds is 3. The lowest BCUT2D eigenvalue weighted by atomic mass is 10.1. The summed E-state index contributed by atoms with van der Waals surface area (Å²) in [5, 5.41) is 0. The SMILES string of the molecule is O=C(Cc1ccc2c(c1)sc1nc(=O)cc(-c3ccccc3)n12)N1CCOCC1. The lowest BCUT2D eigenvalue weighted by Crippen LogP contribution is -2.41. The monoisotopic (exact) mass is 405 g/mol. The van der Waals surface area contributed by atoms with Crippen LogP contribution in [0.2, 0.25) is 0 Å². The number of nitrogens with zero attached hydrogens (tertiary/aromatic N) is 3. The fraction of sp³-hybridized carbons (Fsp3) is 0.227. The van der Waals surface area contributed by atoms with E-state index in [0.717, 1.165) is 27.0 Å². The molecule has 2 aromatic carbocycles. The van der Waals surface area contributed by atoms with E-state index in [9.17, 15) is 9.59 Å². The molecule has 0 aliphatic carbocycles. The van der Waals surface area contributed by atoms with Crippen LogP contribution < -0.4 is 5.56 Å². The number of ether oxygens (including phenoxy) is 1. The minimum absolute atomic E-state index is 0.117. The fourth-order valence-corrected chi connectivity index (χ4v) is 4.81. The first-order valence-corrected chi connectivity index (χ1v) is 10.4. The molecule has 0 spiro atoms. The van der Waals surface area contributed by atoms with Gasteiger partial charge in [-0.15, -0.1) is 0 Å². The number of carbonyl (C=O) groups is 1. The van der Waals surface area contributed by atoms with Crippen molar-refractivity contribution in [1.82, 2.24) is 14.3 Å². The van der Waals surface area contributed by atoms with Crippen molar-refractivity contribution >= 4 is 32.4 Å².